The summed E-state index contributed by atoms with van der Waals surface area (Å²) >= 11 is 1.09. The minimum atomic E-state index is -0.982. The quantitative estimate of drug-likeness (QED) is 0.721. The van der Waals surface area contributed by atoms with Crippen LogP contribution in [0.25, 0.3) is 0 Å². The second kappa shape index (κ2) is 7.84. The van der Waals surface area contributed by atoms with Gasteiger partial charge in [0, 0.05) is 6.54 Å². The van der Waals surface area contributed by atoms with E-state index in [-0.39, 0.29) is 17.5 Å². The van der Waals surface area contributed by atoms with E-state index < -0.39 is 5.97 Å². The number of rotatable bonds is 7. The fourth-order valence-corrected chi connectivity index (χ4v) is 2.60. The SMILES string of the molecule is CCC(CC)CNC(=O)NCc1nc(C)c(C(=O)O)s1. The zero-order chi connectivity index (χ0) is 15.1. The Bertz CT molecular complexity index is 469. The molecule has 0 saturated carbocycles. The normalized spacial score (nSPS) is 10.6. The van der Waals surface area contributed by atoms with Crippen molar-refractivity contribution < 1.29 is 14.7 Å². The van der Waals surface area contributed by atoms with Crippen LogP contribution in [-0.4, -0.2) is 28.6 Å². The Balaban J connectivity index is 2.41. The highest BCUT2D eigenvalue weighted by atomic mass is 32.1. The largest absolute Gasteiger partial charge is 0.477 e. The van der Waals surface area contributed by atoms with Crippen molar-refractivity contribution in [3.63, 3.8) is 0 Å². The summed E-state index contributed by atoms with van der Waals surface area (Å²) < 4.78 is 0. The van der Waals surface area contributed by atoms with Gasteiger partial charge in [0.25, 0.3) is 0 Å². The van der Waals surface area contributed by atoms with Gasteiger partial charge < -0.3 is 15.7 Å². The van der Waals surface area contributed by atoms with Crippen molar-refractivity contribution in [2.24, 2.45) is 5.92 Å². The van der Waals surface area contributed by atoms with Gasteiger partial charge in [-0.25, -0.2) is 14.6 Å². The summed E-state index contributed by atoms with van der Waals surface area (Å²) in [6, 6.07) is -0.248. The predicted molar refractivity (Wildman–Crippen MR) is 78.1 cm³/mol. The molecule has 0 saturated heterocycles. The van der Waals surface area contributed by atoms with Gasteiger partial charge in [-0.2, -0.15) is 0 Å². The highest BCUT2D eigenvalue weighted by molar-refractivity contribution is 7.13. The number of carboxylic acid groups (broad SMARTS) is 1. The van der Waals surface area contributed by atoms with Crippen LogP contribution in [0.4, 0.5) is 4.79 Å². The van der Waals surface area contributed by atoms with E-state index in [0.29, 0.717) is 23.2 Å². The van der Waals surface area contributed by atoms with Crippen LogP contribution in [0.3, 0.4) is 0 Å². The van der Waals surface area contributed by atoms with Gasteiger partial charge in [0.1, 0.15) is 9.88 Å². The van der Waals surface area contributed by atoms with E-state index in [1.165, 1.54) is 0 Å². The van der Waals surface area contributed by atoms with Gasteiger partial charge >= 0.3 is 12.0 Å². The van der Waals surface area contributed by atoms with Gasteiger partial charge in [0.05, 0.1) is 12.2 Å². The molecule has 6 nitrogen and oxygen atoms in total. The first kappa shape index (κ1) is 16.4. The van der Waals surface area contributed by atoms with E-state index in [1.807, 2.05) is 0 Å². The van der Waals surface area contributed by atoms with E-state index in [0.717, 1.165) is 24.2 Å². The molecular formula is C13H21N3O3S. The maximum absolute atomic E-state index is 11.6. The Morgan fingerprint density at radius 1 is 1.30 bits per heavy atom. The summed E-state index contributed by atoms with van der Waals surface area (Å²) in [7, 11) is 0. The number of hydrogen-bond donors (Lipinski definition) is 3. The Hall–Kier alpha value is -1.63. The molecule has 0 aliphatic heterocycles. The Labute approximate surface area is 122 Å². The lowest BCUT2D eigenvalue weighted by Crippen LogP contribution is -2.37. The first-order chi connectivity index (χ1) is 9.47. The standard InChI is InChI=1S/C13H21N3O3S/c1-4-9(5-2)6-14-13(19)15-7-10-16-8(3)11(20-10)12(17)18/h9H,4-7H2,1-3H3,(H,17,18)(H2,14,15,19). The van der Waals surface area contributed by atoms with Crippen LogP contribution in [-0.2, 0) is 6.54 Å². The number of nitrogens with one attached hydrogen (secondary N) is 2. The number of amides is 2. The summed E-state index contributed by atoms with van der Waals surface area (Å²) in [6.07, 6.45) is 2.06. The van der Waals surface area contributed by atoms with Crippen molar-refractivity contribution in [1.82, 2.24) is 15.6 Å². The molecule has 1 aromatic rings. The number of thiazole rings is 1. The smallest absolute Gasteiger partial charge is 0.347 e. The van der Waals surface area contributed by atoms with Crippen molar-refractivity contribution in [2.45, 2.75) is 40.2 Å². The third kappa shape index (κ3) is 4.80. The number of carbonyl (C=O) groups excluding carboxylic acids is 1. The number of aryl methyl sites for hydroxylation is 1. The Kier molecular flexibility index (Phi) is 6.44. The molecule has 7 heteroatoms. The summed E-state index contributed by atoms with van der Waals surface area (Å²) in [5.74, 6) is -0.495. The molecule has 3 N–H and O–H groups in total. The molecule has 0 aliphatic rings. The lowest BCUT2D eigenvalue weighted by atomic mass is 10.0. The molecule has 2 amide bonds. The maximum Gasteiger partial charge on any atom is 0.347 e. The number of nitrogens with zero attached hydrogens (tertiary/aromatic N) is 1. The number of carboxylic acids is 1. The molecular weight excluding hydrogens is 278 g/mol. The Morgan fingerprint density at radius 2 is 1.95 bits per heavy atom. The summed E-state index contributed by atoms with van der Waals surface area (Å²) in [5.41, 5.74) is 0.483. The van der Waals surface area contributed by atoms with E-state index in [4.69, 9.17) is 5.11 Å². The number of hydrogen-bond acceptors (Lipinski definition) is 4. The molecule has 0 atom stereocenters. The van der Waals surface area contributed by atoms with Crippen LogP contribution < -0.4 is 10.6 Å². The molecule has 0 spiro atoms. The lowest BCUT2D eigenvalue weighted by molar-refractivity contribution is 0.0701. The number of aromatic carboxylic acids is 1. The first-order valence-electron chi connectivity index (χ1n) is 6.69. The molecule has 112 valence electrons. The van der Waals surface area contributed by atoms with Crippen LogP contribution in [0.2, 0.25) is 0 Å². The fourth-order valence-electron chi connectivity index (χ4n) is 1.76. The molecule has 0 aromatic carbocycles. The third-order valence-corrected chi connectivity index (χ3v) is 4.29. The third-order valence-electron chi connectivity index (χ3n) is 3.14. The van der Waals surface area contributed by atoms with Crippen molar-refractivity contribution in [3.05, 3.63) is 15.6 Å². The van der Waals surface area contributed by atoms with Crippen LogP contribution in [0.5, 0.6) is 0 Å². The molecule has 0 unspecified atom stereocenters. The molecule has 0 bridgehead atoms. The van der Waals surface area contributed by atoms with Crippen molar-refractivity contribution in [2.75, 3.05) is 6.54 Å². The van der Waals surface area contributed by atoms with E-state index >= 15 is 0 Å². The molecule has 20 heavy (non-hydrogen) atoms. The first-order valence-corrected chi connectivity index (χ1v) is 7.50. The van der Waals surface area contributed by atoms with Gasteiger partial charge in [-0.15, -0.1) is 11.3 Å². The molecule has 0 aliphatic carbocycles. The summed E-state index contributed by atoms with van der Waals surface area (Å²) in [5, 5.41) is 15.0. The Morgan fingerprint density at radius 3 is 2.45 bits per heavy atom. The van der Waals surface area contributed by atoms with Gasteiger partial charge in [-0.1, -0.05) is 26.7 Å². The average molecular weight is 299 g/mol. The zero-order valence-electron chi connectivity index (χ0n) is 12.0. The zero-order valence-corrected chi connectivity index (χ0v) is 12.8. The van der Waals surface area contributed by atoms with Gasteiger partial charge in [0.15, 0.2) is 0 Å². The summed E-state index contributed by atoms with van der Waals surface area (Å²) in [4.78, 5) is 26.9. The van der Waals surface area contributed by atoms with Gasteiger partial charge in [0.2, 0.25) is 0 Å². The van der Waals surface area contributed by atoms with E-state index in [1.54, 1.807) is 6.92 Å². The van der Waals surface area contributed by atoms with Crippen LogP contribution in [0.1, 0.15) is 47.1 Å². The highest BCUT2D eigenvalue weighted by Gasteiger charge is 2.14. The number of aromatic nitrogens is 1. The topological polar surface area (TPSA) is 91.3 Å². The van der Waals surface area contributed by atoms with Crippen LogP contribution in [0.15, 0.2) is 0 Å². The fraction of sp³-hybridized carbons (Fsp3) is 0.615. The minimum absolute atomic E-state index is 0.222. The summed E-state index contributed by atoms with van der Waals surface area (Å²) in [6.45, 7) is 6.74. The van der Waals surface area contributed by atoms with E-state index in [2.05, 4.69) is 29.5 Å². The van der Waals surface area contributed by atoms with Crippen molar-refractivity contribution in [3.8, 4) is 0 Å². The van der Waals surface area contributed by atoms with Crippen molar-refractivity contribution >= 4 is 23.3 Å². The van der Waals surface area contributed by atoms with E-state index in [9.17, 15) is 9.59 Å². The van der Waals surface area contributed by atoms with Crippen molar-refractivity contribution in [1.29, 1.82) is 0 Å². The minimum Gasteiger partial charge on any atom is -0.477 e. The second-order valence-electron chi connectivity index (χ2n) is 4.57. The lowest BCUT2D eigenvalue weighted by Gasteiger charge is -2.13. The predicted octanol–water partition coefficient (Wildman–Crippen LogP) is 2.39. The van der Waals surface area contributed by atoms with Gasteiger partial charge in [-0.3, -0.25) is 0 Å². The van der Waals surface area contributed by atoms with Gasteiger partial charge in [-0.05, 0) is 12.8 Å². The van der Waals surface area contributed by atoms with Crippen LogP contribution >= 0.6 is 11.3 Å². The molecule has 0 fully saturated rings. The molecule has 1 aromatic heterocycles. The monoisotopic (exact) mass is 299 g/mol. The average Bonchev–Trinajstić information content (AvgIpc) is 2.79. The second-order valence-corrected chi connectivity index (χ2v) is 5.66. The van der Waals surface area contributed by atoms with Crippen LogP contribution in [0, 0.1) is 12.8 Å². The molecule has 1 rings (SSSR count). The number of carbonyl (C=O) groups is 2. The highest BCUT2D eigenvalue weighted by Crippen LogP contribution is 2.17. The molecule has 1 heterocycles. The maximum atomic E-state index is 11.6. The molecule has 0 radical (unpaired) electrons. The number of urea groups is 1.